The molecule has 116 valence electrons. The van der Waals surface area contributed by atoms with Crippen molar-refractivity contribution in [2.75, 3.05) is 6.54 Å². The lowest BCUT2D eigenvalue weighted by Gasteiger charge is -2.06. The van der Waals surface area contributed by atoms with Gasteiger partial charge in [0.2, 0.25) is 0 Å². The number of carbonyl (C=O) groups excluding carboxylic acids is 1. The van der Waals surface area contributed by atoms with E-state index in [1.54, 1.807) is 0 Å². The molecule has 1 rings (SSSR count). The van der Waals surface area contributed by atoms with Crippen LogP contribution < -0.4 is 5.32 Å². The molecule has 1 amide bonds. The summed E-state index contributed by atoms with van der Waals surface area (Å²) in [6.07, 6.45) is 6.51. The van der Waals surface area contributed by atoms with Gasteiger partial charge in [-0.25, -0.2) is 4.39 Å². The Kier molecular flexibility index (Phi) is 7.36. The van der Waals surface area contributed by atoms with Crippen LogP contribution in [-0.2, 0) is 0 Å². The number of benzene rings is 1. The van der Waals surface area contributed by atoms with Gasteiger partial charge in [0.25, 0.3) is 11.6 Å². The molecule has 0 aliphatic heterocycles. The molecule has 0 fully saturated rings. The molecular weight excluding hydrogens is 275 g/mol. The zero-order valence-corrected chi connectivity index (χ0v) is 12.2. The summed E-state index contributed by atoms with van der Waals surface area (Å²) in [5.74, 6) is -1.26. The van der Waals surface area contributed by atoms with E-state index in [0.29, 0.717) is 6.54 Å². The van der Waals surface area contributed by atoms with Crippen molar-refractivity contribution in [1.82, 2.24) is 5.32 Å². The maximum Gasteiger partial charge on any atom is 0.282 e. The second-order valence-corrected chi connectivity index (χ2v) is 4.94. The Morgan fingerprint density at radius 1 is 1.24 bits per heavy atom. The summed E-state index contributed by atoms with van der Waals surface area (Å²) in [4.78, 5) is 22.0. The molecule has 5 nitrogen and oxygen atoms in total. The minimum Gasteiger partial charge on any atom is -0.352 e. The van der Waals surface area contributed by atoms with E-state index in [-0.39, 0.29) is 11.3 Å². The lowest BCUT2D eigenvalue weighted by Crippen LogP contribution is -2.25. The average Bonchev–Trinajstić information content (AvgIpc) is 2.45. The van der Waals surface area contributed by atoms with Crippen molar-refractivity contribution in [3.63, 3.8) is 0 Å². The fourth-order valence-corrected chi connectivity index (χ4v) is 2.05. The van der Waals surface area contributed by atoms with Gasteiger partial charge in [0.05, 0.1) is 4.92 Å². The Morgan fingerprint density at radius 3 is 2.57 bits per heavy atom. The second kappa shape index (κ2) is 9.05. The SMILES string of the molecule is CCCCCCCCNC(=O)c1cc(F)ccc1[N+](=O)[O-]. The Bertz CT molecular complexity index is 492. The standard InChI is InChI=1S/C15H21FN2O3/c1-2-3-4-5-6-7-10-17-15(19)13-11-12(16)8-9-14(13)18(20)21/h8-9,11H,2-7,10H2,1H3,(H,17,19). The lowest BCUT2D eigenvalue weighted by molar-refractivity contribution is -0.385. The summed E-state index contributed by atoms with van der Waals surface area (Å²) in [6.45, 7) is 2.59. The first-order chi connectivity index (χ1) is 10.1. The topological polar surface area (TPSA) is 72.2 Å². The van der Waals surface area contributed by atoms with Crippen LogP contribution in [0.25, 0.3) is 0 Å². The van der Waals surface area contributed by atoms with Crippen molar-refractivity contribution in [2.45, 2.75) is 45.4 Å². The Balaban J connectivity index is 2.45. The predicted octanol–water partition coefficient (Wildman–Crippen LogP) is 3.82. The molecule has 0 saturated carbocycles. The van der Waals surface area contributed by atoms with Crippen LogP contribution >= 0.6 is 0 Å². The Morgan fingerprint density at radius 2 is 1.90 bits per heavy atom. The number of amides is 1. The van der Waals surface area contributed by atoms with Gasteiger partial charge in [-0.3, -0.25) is 14.9 Å². The molecule has 0 heterocycles. The summed E-state index contributed by atoms with van der Waals surface area (Å²) in [7, 11) is 0. The monoisotopic (exact) mass is 296 g/mol. The molecule has 0 aliphatic carbocycles. The van der Waals surface area contributed by atoms with E-state index in [2.05, 4.69) is 12.2 Å². The predicted molar refractivity (Wildman–Crippen MR) is 78.8 cm³/mol. The van der Waals surface area contributed by atoms with Gasteiger partial charge in [-0.15, -0.1) is 0 Å². The van der Waals surface area contributed by atoms with Crippen LogP contribution in [0.1, 0.15) is 55.8 Å². The zero-order valence-electron chi connectivity index (χ0n) is 12.2. The van der Waals surface area contributed by atoms with Gasteiger partial charge < -0.3 is 5.32 Å². The number of nitrogens with zero attached hydrogens (tertiary/aromatic N) is 1. The van der Waals surface area contributed by atoms with Gasteiger partial charge in [0.1, 0.15) is 11.4 Å². The van der Waals surface area contributed by atoms with Gasteiger partial charge in [-0.05, 0) is 18.6 Å². The zero-order chi connectivity index (χ0) is 15.7. The molecule has 0 atom stereocenters. The largest absolute Gasteiger partial charge is 0.352 e. The number of nitro groups is 1. The molecular formula is C15H21FN2O3. The molecule has 0 unspecified atom stereocenters. The van der Waals surface area contributed by atoms with E-state index in [4.69, 9.17) is 0 Å². The summed E-state index contributed by atoms with van der Waals surface area (Å²) >= 11 is 0. The van der Waals surface area contributed by atoms with Gasteiger partial charge >= 0.3 is 0 Å². The Labute approximate surface area is 123 Å². The smallest absolute Gasteiger partial charge is 0.282 e. The first kappa shape index (κ1) is 17.1. The minimum absolute atomic E-state index is 0.231. The number of rotatable bonds is 9. The average molecular weight is 296 g/mol. The van der Waals surface area contributed by atoms with Gasteiger partial charge in [-0.2, -0.15) is 0 Å². The quantitative estimate of drug-likeness (QED) is 0.427. The molecule has 0 spiro atoms. The number of nitro benzene ring substituents is 1. The highest BCUT2D eigenvalue weighted by atomic mass is 19.1. The third-order valence-corrected chi connectivity index (χ3v) is 3.22. The molecule has 0 saturated heterocycles. The number of unbranched alkanes of at least 4 members (excludes halogenated alkanes) is 5. The van der Waals surface area contributed by atoms with Gasteiger partial charge in [0.15, 0.2) is 0 Å². The normalized spacial score (nSPS) is 10.4. The van der Waals surface area contributed by atoms with E-state index >= 15 is 0 Å². The van der Waals surface area contributed by atoms with E-state index in [1.807, 2.05) is 0 Å². The maximum atomic E-state index is 13.1. The van der Waals surface area contributed by atoms with Gasteiger partial charge in [0, 0.05) is 12.6 Å². The van der Waals surface area contributed by atoms with E-state index in [1.165, 1.54) is 19.3 Å². The molecule has 0 bridgehead atoms. The minimum atomic E-state index is -0.681. The van der Waals surface area contributed by atoms with E-state index < -0.39 is 16.6 Å². The molecule has 0 radical (unpaired) electrons. The van der Waals surface area contributed by atoms with Crippen molar-refractivity contribution in [2.24, 2.45) is 0 Å². The molecule has 1 aromatic rings. The molecule has 0 aliphatic rings. The van der Waals surface area contributed by atoms with E-state index in [0.717, 1.165) is 37.5 Å². The highest BCUT2D eigenvalue weighted by Gasteiger charge is 2.20. The second-order valence-electron chi connectivity index (χ2n) is 4.94. The first-order valence-corrected chi connectivity index (χ1v) is 7.28. The summed E-state index contributed by atoms with van der Waals surface area (Å²) in [5.41, 5.74) is -0.608. The molecule has 0 aromatic heterocycles. The van der Waals surface area contributed by atoms with Crippen molar-refractivity contribution < 1.29 is 14.1 Å². The summed E-state index contributed by atoms with van der Waals surface area (Å²) < 4.78 is 13.1. The third kappa shape index (κ3) is 5.89. The van der Waals surface area contributed by atoms with Crippen molar-refractivity contribution in [3.8, 4) is 0 Å². The highest BCUT2D eigenvalue weighted by molar-refractivity contribution is 5.98. The van der Waals surface area contributed by atoms with Crippen LogP contribution in [0.4, 0.5) is 10.1 Å². The number of carbonyl (C=O) groups is 1. The number of hydrogen-bond acceptors (Lipinski definition) is 3. The highest BCUT2D eigenvalue weighted by Crippen LogP contribution is 2.19. The fraction of sp³-hybridized carbons (Fsp3) is 0.533. The summed E-state index contributed by atoms with van der Waals surface area (Å²) in [5, 5.41) is 13.4. The molecule has 1 N–H and O–H groups in total. The maximum absolute atomic E-state index is 13.1. The molecule has 1 aromatic carbocycles. The van der Waals surface area contributed by atoms with Gasteiger partial charge in [-0.1, -0.05) is 39.0 Å². The van der Waals surface area contributed by atoms with Crippen LogP contribution in [0.2, 0.25) is 0 Å². The van der Waals surface area contributed by atoms with Crippen LogP contribution in [0.3, 0.4) is 0 Å². The Hall–Kier alpha value is -1.98. The number of hydrogen-bond donors (Lipinski definition) is 1. The van der Waals surface area contributed by atoms with E-state index in [9.17, 15) is 19.3 Å². The van der Waals surface area contributed by atoms with Crippen molar-refractivity contribution >= 4 is 11.6 Å². The van der Waals surface area contributed by atoms with Crippen LogP contribution in [0.5, 0.6) is 0 Å². The van der Waals surface area contributed by atoms with Crippen LogP contribution in [0.15, 0.2) is 18.2 Å². The number of halogens is 1. The molecule has 21 heavy (non-hydrogen) atoms. The summed E-state index contributed by atoms with van der Waals surface area (Å²) in [6, 6.07) is 2.88. The van der Waals surface area contributed by atoms with Crippen molar-refractivity contribution in [3.05, 3.63) is 39.7 Å². The van der Waals surface area contributed by atoms with Crippen LogP contribution in [-0.4, -0.2) is 17.4 Å². The van der Waals surface area contributed by atoms with Crippen LogP contribution in [0, 0.1) is 15.9 Å². The lowest BCUT2D eigenvalue weighted by atomic mass is 10.1. The first-order valence-electron chi connectivity index (χ1n) is 7.28. The van der Waals surface area contributed by atoms with Crippen molar-refractivity contribution in [1.29, 1.82) is 0 Å². The number of nitrogens with one attached hydrogen (secondary N) is 1. The third-order valence-electron chi connectivity index (χ3n) is 3.22. The fourth-order valence-electron chi connectivity index (χ4n) is 2.05. The molecule has 6 heteroatoms.